The summed E-state index contributed by atoms with van der Waals surface area (Å²) in [4.78, 5) is 28.3. The fraction of sp³-hybridized carbons (Fsp3) is 0.368. The van der Waals surface area contributed by atoms with Gasteiger partial charge in [-0.15, -0.1) is 0 Å². The molecular weight excluding hydrogens is 336 g/mol. The van der Waals surface area contributed by atoms with E-state index in [-0.39, 0.29) is 18.2 Å². The normalized spacial score (nSPS) is 14.2. The Morgan fingerprint density at radius 1 is 1.00 bits per heavy atom. The molecule has 1 aliphatic rings. The third-order valence-electron chi connectivity index (χ3n) is 4.45. The highest BCUT2D eigenvalue weighted by atomic mass is 16.5. The van der Waals surface area contributed by atoms with Crippen molar-refractivity contribution in [3.05, 3.63) is 47.9 Å². The van der Waals surface area contributed by atoms with Crippen molar-refractivity contribution < 1.29 is 23.5 Å². The lowest BCUT2D eigenvalue weighted by molar-refractivity contribution is -0.131. The van der Waals surface area contributed by atoms with E-state index in [1.54, 1.807) is 42.2 Å². The first kappa shape index (κ1) is 17.8. The monoisotopic (exact) mass is 358 g/mol. The maximum atomic E-state index is 12.6. The molecule has 3 rings (SSSR count). The first-order valence-electron chi connectivity index (χ1n) is 8.44. The molecule has 7 heteroatoms. The number of hydrogen-bond acceptors (Lipinski definition) is 5. The van der Waals surface area contributed by atoms with E-state index in [0.29, 0.717) is 43.4 Å². The van der Waals surface area contributed by atoms with Crippen LogP contribution < -0.4 is 9.47 Å². The van der Waals surface area contributed by atoms with Crippen molar-refractivity contribution in [2.24, 2.45) is 0 Å². The highest BCUT2D eigenvalue weighted by Crippen LogP contribution is 2.27. The third kappa shape index (κ3) is 3.82. The van der Waals surface area contributed by atoms with Crippen LogP contribution >= 0.6 is 0 Å². The number of piperazine rings is 1. The minimum absolute atomic E-state index is 0.0299. The number of carbonyl (C=O) groups excluding carboxylic acids is 2. The van der Waals surface area contributed by atoms with Gasteiger partial charge in [0.25, 0.3) is 5.91 Å². The molecule has 2 heterocycles. The summed E-state index contributed by atoms with van der Waals surface area (Å²) in [6.07, 6.45) is 1.77. The highest BCUT2D eigenvalue weighted by molar-refractivity contribution is 5.91. The van der Waals surface area contributed by atoms with Crippen molar-refractivity contribution >= 4 is 11.8 Å². The Morgan fingerprint density at radius 2 is 1.69 bits per heavy atom. The Kier molecular flexibility index (Phi) is 5.46. The van der Waals surface area contributed by atoms with Crippen molar-refractivity contribution in [1.29, 1.82) is 0 Å². The fourth-order valence-corrected chi connectivity index (χ4v) is 2.99. The van der Waals surface area contributed by atoms with Crippen molar-refractivity contribution in [3.63, 3.8) is 0 Å². The van der Waals surface area contributed by atoms with Gasteiger partial charge in [0.1, 0.15) is 0 Å². The second kappa shape index (κ2) is 7.95. The van der Waals surface area contributed by atoms with E-state index in [0.717, 1.165) is 5.56 Å². The second-order valence-electron chi connectivity index (χ2n) is 6.02. The molecule has 7 nitrogen and oxygen atoms in total. The van der Waals surface area contributed by atoms with Crippen LogP contribution in [0, 0.1) is 0 Å². The van der Waals surface area contributed by atoms with Gasteiger partial charge in [-0.25, -0.2) is 0 Å². The quantitative estimate of drug-likeness (QED) is 0.815. The lowest BCUT2D eigenvalue weighted by atomic mass is 10.1. The number of amides is 2. The van der Waals surface area contributed by atoms with E-state index in [1.807, 2.05) is 12.1 Å². The maximum Gasteiger partial charge on any atom is 0.289 e. The lowest BCUT2D eigenvalue weighted by Crippen LogP contribution is -2.50. The van der Waals surface area contributed by atoms with Crippen LogP contribution in [0.4, 0.5) is 0 Å². The largest absolute Gasteiger partial charge is 0.493 e. The summed E-state index contributed by atoms with van der Waals surface area (Å²) < 4.78 is 15.6. The zero-order chi connectivity index (χ0) is 18.5. The molecule has 0 saturated carbocycles. The van der Waals surface area contributed by atoms with E-state index in [4.69, 9.17) is 13.9 Å². The van der Waals surface area contributed by atoms with Crippen LogP contribution in [0.15, 0.2) is 41.0 Å². The Hall–Kier alpha value is -2.96. The van der Waals surface area contributed by atoms with Gasteiger partial charge < -0.3 is 23.7 Å². The Labute approximate surface area is 152 Å². The second-order valence-corrected chi connectivity index (χ2v) is 6.02. The zero-order valence-corrected chi connectivity index (χ0v) is 14.9. The molecule has 0 bridgehead atoms. The number of nitrogens with zero attached hydrogens (tertiary/aromatic N) is 2. The smallest absolute Gasteiger partial charge is 0.289 e. The van der Waals surface area contributed by atoms with E-state index in [2.05, 4.69) is 0 Å². The molecule has 2 amide bonds. The molecule has 1 aromatic carbocycles. The minimum atomic E-state index is -0.137. The van der Waals surface area contributed by atoms with Crippen LogP contribution in [0.1, 0.15) is 16.1 Å². The van der Waals surface area contributed by atoms with Crippen LogP contribution in [-0.4, -0.2) is 62.0 Å². The van der Waals surface area contributed by atoms with E-state index in [1.165, 1.54) is 6.26 Å². The maximum absolute atomic E-state index is 12.6. The number of benzene rings is 1. The van der Waals surface area contributed by atoms with Gasteiger partial charge in [0, 0.05) is 26.2 Å². The van der Waals surface area contributed by atoms with Gasteiger partial charge in [0.05, 0.1) is 26.9 Å². The van der Waals surface area contributed by atoms with Gasteiger partial charge in [-0.05, 0) is 29.8 Å². The van der Waals surface area contributed by atoms with E-state index >= 15 is 0 Å². The minimum Gasteiger partial charge on any atom is -0.493 e. The third-order valence-corrected chi connectivity index (χ3v) is 4.45. The highest BCUT2D eigenvalue weighted by Gasteiger charge is 2.26. The van der Waals surface area contributed by atoms with Crippen LogP contribution in [0.3, 0.4) is 0 Å². The van der Waals surface area contributed by atoms with Gasteiger partial charge in [0.15, 0.2) is 17.3 Å². The van der Waals surface area contributed by atoms with Crippen LogP contribution in [0.5, 0.6) is 11.5 Å². The summed E-state index contributed by atoms with van der Waals surface area (Å²) in [7, 11) is 3.14. The Balaban J connectivity index is 1.56. The van der Waals surface area contributed by atoms with E-state index in [9.17, 15) is 9.59 Å². The Morgan fingerprint density at radius 3 is 2.31 bits per heavy atom. The fourth-order valence-electron chi connectivity index (χ4n) is 2.99. The predicted octanol–water partition coefficient (Wildman–Crippen LogP) is 1.82. The van der Waals surface area contributed by atoms with Gasteiger partial charge in [-0.2, -0.15) is 0 Å². The molecule has 0 N–H and O–H groups in total. The van der Waals surface area contributed by atoms with Gasteiger partial charge in [-0.1, -0.05) is 6.07 Å². The van der Waals surface area contributed by atoms with Crippen molar-refractivity contribution in [1.82, 2.24) is 9.80 Å². The molecule has 2 aromatic rings. The summed E-state index contributed by atoms with van der Waals surface area (Å²) in [5, 5.41) is 0. The molecule has 0 spiro atoms. The number of methoxy groups -OCH3 is 2. The van der Waals surface area contributed by atoms with E-state index < -0.39 is 0 Å². The number of carbonyl (C=O) groups is 2. The van der Waals surface area contributed by atoms with Crippen LogP contribution in [0.25, 0.3) is 0 Å². The first-order chi connectivity index (χ1) is 12.6. The zero-order valence-electron chi connectivity index (χ0n) is 14.9. The standard InChI is InChI=1S/C19H22N2O5/c1-24-15-6-5-14(12-17(15)25-2)13-18(22)20-7-9-21(10-8-20)19(23)16-4-3-11-26-16/h3-6,11-12H,7-10,13H2,1-2H3. The molecule has 138 valence electrons. The first-order valence-corrected chi connectivity index (χ1v) is 8.44. The average molecular weight is 358 g/mol. The number of furan rings is 1. The van der Waals surface area contributed by atoms with Gasteiger partial charge >= 0.3 is 0 Å². The van der Waals surface area contributed by atoms with Gasteiger partial charge in [0.2, 0.25) is 5.91 Å². The molecule has 1 saturated heterocycles. The molecule has 1 fully saturated rings. The summed E-state index contributed by atoms with van der Waals surface area (Å²) in [6.45, 7) is 2.02. The summed E-state index contributed by atoms with van der Waals surface area (Å²) in [5.74, 6) is 1.46. The lowest BCUT2D eigenvalue weighted by Gasteiger charge is -2.34. The number of ether oxygens (including phenoxy) is 2. The molecule has 26 heavy (non-hydrogen) atoms. The molecule has 1 aromatic heterocycles. The predicted molar refractivity (Wildman–Crippen MR) is 94.4 cm³/mol. The summed E-state index contributed by atoms with van der Waals surface area (Å²) in [5.41, 5.74) is 0.863. The van der Waals surface area contributed by atoms with Crippen molar-refractivity contribution in [3.8, 4) is 11.5 Å². The molecular formula is C19H22N2O5. The van der Waals surface area contributed by atoms with Crippen molar-refractivity contribution in [2.45, 2.75) is 6.42 Å². The SMILES string of the molecule is COc1ccc(CC(=O)N2CCN(C(=O)c3ccco3)CC2)cc1OC. The Bertz CT molecular complexity index is 764. The molecule has 0 atom stereocenters. The molecule has 0 aliphatic carbocycles. The molecule has 0 radical (unpaired) electrons. The van der Waals surface area contributed by atoms with Crippen LogP contribution in [0.2, 0.25) is 0 Å². The van der Waals surface area contributed by atoms with Gasteiger partial charge in [-0.3, -0.25) is 9.59 Å². The number of rotatable bonds is 5. The van der Waals surface area contributed by atoms with Crippen LogP contribution in [-0.2, 0) is 11.2 Å². The van der Waals surface area contributed by atoms with Crippen molar-refractivity contribution in [2.75, 3.05) is 40.4 Å². The summed E-state index contributed by atoms with van der Waals surface area (Å²) >= 11 is 0. The molecule has 1 aliphatic heterocycles. The number of hydrogen-bond donors (Lipinski definition) is 0. The molecule has 0 unspecified atom stereocenters. The topological polar surface area (TPSA) is 72.2 Å². The average Bonchev–Trinajstić information content (AvgIpc) is 3.22. The summed E-state index contributed by atoms with van der Waals surface area (Å²) in [6, 6.07) is 8.80.